The van der Waals surface area contributed by atoms with E-state index in [2.05, 4.69) is 5.32 Å². The first-order chi connectivity index (χ1) is 7.28. The molecule has 0 aromatic rings. The van der Waals surface area contributed by atoms with Gasteiger partial charge in [-0.2, -0.15) is 0 Å². The van der Waals surface area contributed by atoms with E-state index in [9.17, 15) is 9.59 Å². The number of carbonyl (C=O) groups excluding carboxylic acids is 2. The first-order valence-electron chi connectivity index (χ1n) is 4.82. The van der Waals surface area contributed by atoms with Gasteiger partial charge in [-0.05, 0) is 49.4 Å². The van der Waals surface area contributed by atoms with E-state index in [1.165, 1.54) is 0 Å². The van der Waals surface area contributed by atoms with Gasteiger partial charge in [-0.1, -0.05) is 0 Å². The standard InChI is InChI=1S/C10H14INO4/c1-10(2,3)16-9(14)12-6-4-7(11)8(13)15-5-6/h4,6H,5H2,1-3H3,(H,12,14)/t6-/m0/s1. The maximum absolute atomic E-state index is 11.4. The third-order valence-corrected chi connectivity index (χ3v) is 2.44. The largest absolute Gasteiger partial charge is 0.459 e. The van der Waals surface area contributed by atoms with Crippen LogP contribution >= 0.6 is 22.6 Å². The summed E-state index contributed by atoms with van der Waals surface area (Å²) in [6.07, 6.45) is 1.13. The Kier molecular flexibility index (Phi) is 4.17. The van der Waals surface area contributed by atoms with Gasteiger partial charge in [0, 0.05) is 0 Å². The van der Waals surface area contributed by atoms with Crippen molar-refractivity contribution in [3.63, 3.8) is 0 Å². The van der Waals surface area contributed by atoms with E-state index in [1.807, 2.05) is 22.6 Å². The maximum Gasteiger partial charge on any atom is 0.408 e. The van der Waals surface area contributed by atoms with Crippen LogP contribution in [0.5, 0.6) is 0 Å². The van der Waals surface area contributed by atoms with Crippen LogP contribution in [0.1, 0.15) is 20.8 Å². The van der Waals surface area contributed by atoms with Gasteiger partial charge in [0.1, 0.15) is 12.2 Å². The zero-order valence-electron chi connectivity index (χ0n) is 9.37. The molecule has 1 aliphatic heterocycles. The van der Waals surface area contributed by atoms with E-state index in [1.54, 1.807) is 26.8 Å². The number of hydrogen-bond acceptors (Lipinski definition) is 4. The molecule has 1 rings (SSSR count). The topological polar surface area (TPSA) is 64.6 Å². The Morgan fingerprint density at radius 1 is 1.62 bits per heavy atom. The van der Waals surface area contributed by atoms with Gasteiger partial charge in [-0.25, -0.2) is 9.59 Å². The second-order valence-corrected chi connectivity index (χ2v) is 5.53. The van der Waals surface area contributed by atoms with Crippen LogP contribution in [0.25, 0.3) is 0 Å². The molecule has 0 fully saturated rings. The first-order valence-corrected chi connectivity index (χ1v) is 5.90. The molecule has 0 spiro atoms. The minimum Gasteiger partial charge on any atom is -0.459 e. The third kappa shape index (κ3) is 4.38. The lowest BCUT2D eigenvalue weighted by Gasteiger charge is -2.23. The van der Waals surface area contributed by atoms with Crippen molar-refractivity contribution >= 4 is 34.7 Å². The Bertz CT molecular complexity index is 332. The second kappa shape index (κ2) is 5.03. The van der Waals surface area contributed by atoms with E-state index < -0.39 is 11.7 Å². The fraction of sp³-hybridized carbons (Fsp3) is 0.600. The van der Waals surface area contributed by atoms with Crippen molar-refractivity contribution in [1.82, 2.24) is 5.32 Å². The Morgan fingerprint density at radius 3 is 2.75 bits per heavy atom. The maximum atomic E-state index is 11.4. The SMILES string of the molecule is CC(C)(C)OC(=O)N[C@H]1C=C(I)C(=O)OC1. The normalized spacial score (nSPS) is 20.9. The number of alkyl carbamates (subject to hydrolysis) is 1. The fourth-order valence-electron chi connectivity index (χ4n) is 1.07. The van der Waals surface area contributed by atoms with E-state index in [4.69, 9.17) is 9.47 Å². The lowest BCUT2D eigenvalue weighted by Crippen LogP contribution is -2.42. The third-order valence-electron chi connectivity index (χ3n) is 1.64. The smallest absolute Gasteiger partial charge is 0.408 e. The molecule has 0 bridgehead atoms. The van der Waals surface area contributed by atoms with Crippen molar-refractivity contribution in [1.29, 1.82) is 0 Å². The molecule has 1 N–H and O–H groups in total. The summed E-state index contributed by atoms with van der Waals surface area (Å²) in [6.45, 7) is 5.50. The lowest BCUT2D eigenvalue weighted by atomic mass is 10.2. The van der Waals surface area contributed by atoms with Crippen LogP contribution in [0, 0.1) is 0 Å². The molecule has 0 radical (unpaired) electrons. The average molecular weight is 339 g/mol. The van der Waals surface area contributed by atoms with Crippen LogP contribution in [0.15, 0.2) is 9.66 Å². The Labute approximate surface area is 108 Å². The van der Waals surface area contributed by atoms with E-state index in [0.29, 0.717) is 3.58 Å². The lowest BCUT2D eigenvalue weighted by molar-refractivity contribution is -0.139. The minimum absolute atomic E-state index is 0.143. The van der Waals surface area contributed by atoms with Gasteiger partial charge in [0.15, 0.2) is 0 Å². The highest BCUT2D eigenvalue weighted by Crippen LogP contribution is 2.15. The molecule has 0 aliphatic carbocycles. The molecule has 0 aromatic carbocycles. The quantitative estimate of drug-likeness (QED) is 0.584. The van der Waals surface area contributed by atoms with Crippen LogP contribution < -0.4 is 5.32 Å². The summed E-state index contributed by atoms with van der Waals surface area (Å²) in [5, 5.41) is 2.61. The number of carbonyl (C=O) groups is 2. The molecule has 6 heteroatoms. The number of amides is 1. The number of nitrogens with one attached hydrogen (secondary N) is 1. The summed E-state index contributed by atoms with van der Waals surface area (Å²) in [6, 6.07) is -0.320. The second-order valence-electron chi connectivity index (χ2n) is 4.37. The molecule has 90 valence electrons. The van der Waals surface area contributed by atoms with Crippen molar-refractivity contribution in [2.24, 2.45) is 0 Å². The van der Waals surface area contributed by atoms with Crippen molar-refractivity contribution < 1.29 is 19.1 Å². The van der Waals surface area contributed by atoms with Crippen molar-refractivity contribution in [2.75, 3.05) is 6.61 Å². The molecular formula is C10H14INO4. The number of rotatable bonds is 1. The molecule has 5 nitrogen and oxygen atoms in total. The molecule has 1 heterocycles. The van der Waals surface area contributed by atoms with Crippen LogP contribution in [-0.2, 0) is 14.3 Å². The van der Waals surface area contributed by atoms with E-state index >= 15 is 0 Å². The number of ether oxygens (including phenoxy) is 2. The molecule has 0 saturated heterocycles. The highest BCUT2D eigenvalue weighted by Gasteiger charge is 2.23. The molecule has 1 aliphatic rings. The summed E-state index contributed by atoms with van der Waals surface area (Å²) in [5.41, 5.74) is -0.535. The molecule has 16 heavy (non-hydrogen) atoms. The highest BCUT2D eigenvalue weighted by atomic mass is 127. The Hall–Kier alpha value is -0.790. The predicted molar refractivity (Wildman–Crippen MR) is 66.2 cm³/mol. The van der Waals surface area contributed by atoms with Crippen molar-refractivity contribution in [3.05, 3.63) is 9.66 Å². The van der Waals surface area contributed by atoms with Gasteiger partial charge in [-0.15, -0.1) is 0 Å². The number of halogens is 1. The first kappa shape index (κ1) is 13.3. The predicted octanol–water partition coefficient (Wildman–Crippen LogP) is 1.76. The van der Waals surface area contributed by atoms with E-state index in [0.717, 1.165) is 0 Å². The average Bonchev–Trinajstić information content (AvgIpc) is 2.08. The monoisotopic (exact) mass is 339 g/mol. The molecule has 0 unspecified atom stereocenters. The highest BCUT2D eigenvalue weighted by molar-refractivity contribution is 14.1. The Morgan fingerprint density at radius 2 is 2.25 bits per heavy atom. The number of cyclic esters (lactones) is 1. The van der Waals surface area contributed by atoms with Gasteiger partial charge in [-0.3, -0.25) is 0 Å². The van der Waals surface area contributed by atoms with Gasteiger partial charge in [0.05, 0.1) is 9.62 Å². The summed E-state index contributed by atoms with van der Waals surface area (Å²) in [5.74, 6) is -0.358. The van der Waals surface area contributed by atoms with Gasteiger partial charge in [0.2, 0.25) is 0 Å². The van der Waals surface area contributed by atoms with Crippen LogP contribution in [-0.4, -0.2) is 30.3 Å². The van der Waals surface area contributed by atoms with Gasteiger partial charge >= 0.3 is 12.1 Å². The van der Waals surface area contributed by atoms with Gasteiger partial charge in [0.25, 0.3) is 0 Å². The molecular weight excluding hydrogens is 325 g/mol. The summed E-state index contributed by atoms with van der Waals surface area (Å²) in [7, 11) is 0. The van der Waals surface area contributed by atoms with Crippen LogP contribution in [0.2, 0.25) is 0 Å². The fourth-order valence-corrected chi connectivity index (χ4v) is 1.66. The molecule has 1 amide bonds. The molecule has 1 atom stereocenters. The summed E-state index contributed by atoms with van der Waals surface area (Å²) < 4.78 is 10.4. The van der Waals surface area contributed by atoms with Crippen molar-refractivity contribution in [2.45, 2.75) is 32.4 Å². The molecule has 0 saturated carbocycles. The minimum atomic E-state index is -0.535. The molecule has 0 aromatic heterocycles. The van der Waals surface area contributed by atoms with Gasteiger partial charge < -0.3 is 14.8 Å². The van der Waals surface area contributed by atoms with Crippen LogP contribution in [0.4, 0.5) is 4.79 Å². The Balaban J connectivity index is 2.50. The zero-order valence-corrected chi connectivity index (χ0v) is 11.5. The number of hydrogen-bond donors (Lipinski definition) is 1. The van der Waals surface area contributed by atoms with E-state index in [-0.39, 0.29) is 18.6 Å². The van der Waals surface area contributed by atoms with Crippen molar-refractivity contribution in [3.8, 4) is 0 Å². The van der Waals surface area contributed by atoms with Crippen LogP contribution in [0.3, 0.4) is 0 Å². The zero-order chi connectivity index (χ0) is 12.3. The summed E-state index contributed by atoms with van der Waals surface area (Å²) >= 11 is 1.87. The summed E-state index contributed by atoms with van der Waals surface area (Å²) in [4.78, 5) is 22.4. The number of esters is 1.